The van der Waals surface area contributed by atoms with Gasteiger partial charge in [0.25, 0.3) is 0 Å². The van der Waals surface area contributed by atoms with E-state index in [0.29, 0.717) is 6.42 Å². The Morgan fingerprint density at radius 2 is 2.20 bits per heavy atom. The molecular weight excluding hydrogens is 320 g/mol. The molecule has 0 aliphatic carbocycles. The maximum absolute atomic E-state index is 12.0. The van der Waals surface area contributed by atoms with Crippen molar-refractivity contribution in [2.45, 2.75) is 25.9 Å². The summed E-state index contributed by atoms with van der Waals surface area (Å²) >= 11 is 3.43. The van der Waals surface area contributed by atoms with E-state index in [1.54, 1.807) is 0 Å². The van der Waals surface area contributed by atoms with Gasteiger partial charge < -0.3 is 10.1 Å². The van der Waals surface area contributed by atoms with Crippen LogP contribution in [0.15, 0.2) is 28.7 Å². The summed E-state index contributed by atoms with van der Waals surface area (Å²) in [5.41, 5.74) is 0.705. The van der Waals surface area contributed by atoms with Gasteiger partial charge in [-0.2, -0.15) is 0 Å². The fraction of sp³-hybridized carbons (Fsp3) is 0.533. The maximum Gasteiger partial charge on any atom is 0.225 e. The molecular formula is C15H21BrN2O2. The number of nitrogens with zero attached hydrogens (tertiary/aromatic N) is 1. The molecule has 1 N–H and O–H groups in total. The van der Waals surface area contributed by atoms with Gasteiger partial charge in [-0.3, -0.25) is 9.69 Å². The molecule has 0 aromatic heterocycles. The number of halogens is 1. The van der Waals surface area contributed by atoms with Crippen LogP contribution in [0.5, 0.6) is 0 Å². The van der Waals surface area contributed by atoms with Crippen molar-refractivity contribution < 1.29 is 9.53 Å². The third-order valence-corrected chi connectivity index (χ3v) is 4.00. The van der Waals surface area contributed by atoms with Crippen LogP contribution >= 0.6 is 15.9 Å². The molecule has 1 aromatic carbocycles. The average molecular weight is 341 g/mol. The summed E-state index contributed by atoms with van der Waals surface area (Å²) in [4.78, 5) is 14.3. The van der Waals surface area contributed by atoms with E-state index in [1.165, 1.54) is 0 Å². The Labute approximate surface area is 128 Å². The molecule has 0 bridgehead atoms. The third kappa shape index (κ3) is 4.58. The summed E-state index contributed by atoms with van der Waals surface area (Å²) in [5, 5.41) is 2.93. The summed E-state index contributed by atoms with van der Waals surface area (Å²) in [6, 6.07) is 7.64. The van der Waals surface area contributed by atoms with E-state index >= 15 is 0 Å². The van der Waals surface area contributed by atoms with Gasteiger partial charge in [-0.1, -0.05) is 12.1 Å². The van der Waals surface area contributed by atoms with Crippen LogP contribution in [0.3, 0.4) is 0 Å². The van der Waals surface area contributed by atoms with Crippen LogP contribution in [0.1, 0.15) is 20.3 Å². The van der Waals surface area contributed by atoms with Crippen LogP contribution < -0.4 is 5.32 Å². The van der Waals surface area contributed by atoms with Crippen molar-refractivity contribution >= 4 is 27.5 Å². The van der Waals surface area contributed by atoms with E-state index in [9.17, 15) is 4.79 Å². The van der Waals surface area contributed by atoms with Gasteiger partial charge in [0.1, 0.15) is 0 Å². The molecule has 2 rings (SSSR count). The Kier molecular flexibility index (Phi) is 5.18. The number of morpholine rings is 1. The molecule has 5 heteroatoms. The minimum Gasteiger partial charge on any atom is -0.373 e. The van der Waals surface area contributed by atoms with Crippen molar-refractivity contribution in [1.29, 1.82) is 0 Å². The van der Waals surface area contributed by atoms with Crippen molar-refractivity contribution in [2.24, 2.45) is 0 Å². The number of anilines is 1. The van der Waals surface area contributed by atoms with Crippen molar-refractivity contribution in [2.75, 3.05) is 31.6 Å². The van der Waals surface area contributed by atoms with Crippen molar-refractivity contribution in [3.63, 3.8) is 0 Å². The summed E-state index contributed by atoms with van der Waals surface area (Å²) in [6.07, 6.45) is 0.497. The molecule has 1 saturated heterocycles. The van der Waals surface area contributed by atoms with E-state index in [2.05, 4.69) is 40.0 Å². The van der Waals surface area contributed by atoms with E-state index < -0.39 is 0 Å². The third-order valence-electron chi connectivity index (χ3n) is 3.31. The molecule has 1 aliphatic rings. The van der Waals surface area contributed by atoms with Gasteiger partial charge in [0.05, 0.1) is 17.9 Å². The first kappa shape index (κ1) is 15.5. The van der Waals surface area contributed by atoms with Crippen LogP contribution in [0.25, 0.3) is 0 Å². The van der Waals surface area contributed by atoms with Gasteiger partial charge in [-0.25, -0.2) is 0 Å². The lowest BCUT2D eigenvalue weighted by molar-refractivity contribution is -0.118. The highest BCUT2D eigenvalue weighted by molar-refractivity contribution is 9.10. The molecule has 20 heavy (non-hydrogen) atoms. The number of hydrogen-bond donors (Lipinski definition) is 1. The van der Waals surface area contributed by atoms with Gasteiger partial charge in [0.15, 0.2) is 0 Å². The average Bonchev–Trinajstić information content (AvgIpc) is 2.38. The van der Waals surface area contributed by atoms with Crippen molar-refractivity contribution in [1.82, 2.24) is 4.90 Å². The fourth-order valence-corrected chi connectivity index (χ4v) is 2.72. The van der Waals surface area contributed by atoms with Crippen LogP contribution in [0.4, 0.5) is 5.69 Å². The lowest BCUT2D eigenvalue weighted by atomic mass is 10.1. The topological polar surface area (TPSA) is 41.6 Å². The van der Waals surface area contributed by atoms with Crippen LogP contribution in [0, 0.1) is 0 Å². The molecule has 0 spiro atoms. The monoisotopic (exact) mass is 340 g/mol. The number of nitrogens with one attached hydrogen (secondary N) is 1. The molecule has 1 aromatic rings. The molecule has 0 atom stereocenters. The van der Waals surface area contributed by atoms with Crippen LogP contribution in [-0.4, -0.2) is 42.6 Å². The highest BCUT2D eigenvalue weighted by atomic mass is 79.9. The van der Waals surface area contributed by atoms with Crippen molar-refractivity contribution in [3.05, 3.63) is 28.7 Å². The Bertz CT molecular complexity index is 477. The van der Waals surface area contributed by atoms with E-state index in [4.69, 9.17) is 4.74 Å². The zero-order valence-electron chi connectivity index (χ0n) is 12.0. The largest absolute Gasteiger partial charge is 0.373 e. The minimum absolute atomic E-state index is 0.0428. The van der Waals surface area contributed by atoms with Crippen LogP contribution in [0.2, 0.25) is 0 Å². The van der Waals surface area contributed by atoms with E-state index in [1.807, 2.05) is 24.3 Å². The lowest BCUT2D eigenvalue weighted by Crippen LogP contribution is -2.48. The first-order chi connectivity index (χ1) is 9.46. The number of para-hydroxylation sites is 1. The van der Waals surface area contributed by atoms with E-state index in [-0.39, 0.29) is 11.5 Å². The van der Waals surface area contributed by atoms with Crippen molar-refractivity contribution in [3.8, 4) is 0 Å². The van der Waals surface area contributed by atoms with Crippen LogP contribution in [-0.2, 0) is 9.53 Å². The summed E-state index contributed by atoms with van der Waals surface area (Å²) in [5.74, 6) is 0.0428. The zero-order chi connectivity index (χ0) is 14.6. The number of rotatable bonds is 4. The molecule has 1 aliphatic heterocycles. The smallest absolute Gasteiger partial charge is 0.225 e. The molecule has 0 radical (unpaired) electrons. The first-order valence-corrected chi connectivity index (χ1v) is 7.66. The quantitative estimate of drug-likeness (QED) is 0.916. The summed E-state index contributed by atoms with van der Waals surface area (Å²) in [7, 11) is 0. The molecule has 4 nitrogen and oxygen atoms in total. The van der Waals surface area contributed by atoms with Gasteiger partial charge in [-0.05, 0) is 41.9 Å². The lowest BCUT2D eigenvalue weighted by Gasteiger charge is -2.38. The Hall–Kier alpha value is -0.910. The fourth-order valence-electron chi connectivity index (χ4n) is 2.34. The normalized spacial score (nSPS) is 18.8. The predicted molar refractivity (Wildman–Crippen MR) is 83.9 cm³/mol. The number of benzene rings is 1. The Morgan fingerprint density at radius 3 is 2.90 bits per heavy atom. The SMILES string of the molecule is CC1(C)CN(CCC(=O)Nc2ccccc2Br)CCO1. The van der Waals surface area contributed by atoms with Gasteiger partial charge in [-0.15, -0.1) is 0 Å². The standard InChI is InChI=1S/C15H21BrN2O2/c1-15(2)11-18(9-10-20-15)8-7-14(19)17-13-6-4-3-5-12(13)16/h3-6H,7-11H2,1-2H3,(H,17,19). The molecule has 1 fully saturated rings. The highest BCUT2D eigenvalue weighted by Crippen LogP contribution is 2.21. The molecule has 110 valence electrons. The highest BCUT2D eigenvalue weighted by Gasteiger charge is 2.27. The second kappa shape index (κ2) is 6.70. The molecule has 1 heterocycles. The second-order valence-corrected chi connectivity index (χ2v) is 6.52. The number of hydrogen-bond acceptors (Lipinski definition) is 3. The molecule has 0 saturated carbocycles. The Balaban J connectivity index is 1.79. The summed E-state index contributed by atoms with van der Waals surface area (Å²) < 4.78 is 6.57. The van der Waals surface area contributed by atoms with Gasteiger partial charge in [0, 0.05) is 30.5 Å². The van der Waals surface area contributed by atoms with Gasteiger partial charge >= 0.3 is 0 Å². The zero-order valence-corrected chi connectivity index (χ0v) is 13.6. The second-order valence-electron chi connectivity index (χ2n) is 5.66. The first-order valence-electron chi connectivity index (χ1n) is 6.87. The number of ether oxygens (including phenoxy) is 1. The molecule has 1 amide bonds. The number of amides is 1. The number of carbonyl (C=O) groups excluding carboxylic acids is 1. The number of carbonyl (C=O) groups is 1. The van der Waals surface area contributed by atoms with Gasteiger partial charge in [0.2, 0.25) is 5.91 Å². The Morgan fingerprint density at radius 1 is 1.45 bits per heavy atom. The minimum atomic E-state index is -0.114. The summed E-state index contributed by atoms with van der Waals surface area (Å²) in [6.45, 7) is 7.43. The van der Waals surface area contributed by atoms with E-state index in [0.717, 1.165) is 36.4 Å². The maximum atomic E-state index is 12.0. The predicted octanol–water partition coefficient (Wildman–Crippen LogP) is 2.89. The molecule has 0 unspecified atom stereocenters.